The smallest absolute Gasteiger partial charge is 0.252 e. The van der Waals surface area contributed by atoms with Crippen molar-refractivity contribution in [3.8, 4) is 0 Å². The molecule has 1 aliphatic heterocycles. The summed E-state index contributed by atoms with van der Waals surface area (Å²) in [6, 6.07) is 6.79. The highest BCUT2D eigenvalue weighted by Gasteiger charge is 2.18. The molecule has 0 bridgehead atoms. The lowest BCUT2D eigenvalue weighted by Gasteiger charge is -2.26. The Bertz CT molecular complexity index is 606. The number of likely N-dealkylation sites (tertiary alicyclic amines) is 1. The second kappa shape index (κ2) is 9.27. The van der Waals surface area contributed by atoms with Crippen molar-refractivity contribution >= 4 is 29.3 Å². The van der Waals surface area contributed by atoms with Gasteiger partial charge in [0.2, 0.25) is 11.8 Å². The Balaban J connectivity index is 1.61. The van der Waals surface area contributed by atoms with Crippen LogP contribution in [0.25, 0.3) is 0 Å². The van der Waals surface area contributed by atoms with Crippen molar-refractivity contribution in [1.82, 2.24) is 15.5 Å². The van der Waals surface area contributed by atoms with Gasteiger partial charge < -0.3 is 15.5 Å². The summed E-state index contributed by atoms with van der Waals surface area (Å²) < 4.78 is 0. The lowest BCUT2D eigenvalue weighted by atomic mass is 10.1. The predicted molar refractivity (Wildman–Crippen MR) is 91.8 cm³/mol. The Morgan fingerprint density at radius 2 is 1.88 bits per heavy atom. The molecule has 1 aromatic rings. The Kier molecular flexibility index (Phi) is 7.06. The number of carbonyl (C=O) groups is 3. The monoisotopic (exact) mass is 351 g/mol. The van der Waals surface area contributed by atoms with Crippen LogP contribution in [0.15, 0.2) is 24.3 Å². The fourth-order valence-corrected chi connectivity index (χ4v) is 2.76. The van der Waals surface area contributed by atoms with Crippen LogP contribution in [0.5, 0.6) is 0 Å². The Morgan fingerprint density at radius 1 is 1.12 bits per heavy atom. The highest BCUT2D eigenvalue weighted by atomic mass is 35.5. The Labute approximate surface area is 146 Å². The van der Waals surface area contributed by atoms with Gasteiger partial charge in [-0.25, -0.2) is 0 Å². The predicted octanol–water partition coefficient (Wildman–Crippen LogP) is 1.59. The fourth-order valence-electron chi connectivity index (χ4n) is 2.54. The zero-order valence-corrected chi connectivity index (χ0v) is 14.3. The van der Waals surface area contributed by atoms with Gasteiger partial charge in [0.25, 0.3) is 5.91 Å². The van der Waals surface area contributed by atoms with Crippen LogP contribution in [0.4, 0.5) is 0 Å². The molecule has 2 N–H and O–H groups in total. The molecular weight excluding hydrogens is 330 g/mol. The summed E-state index contributed by atoms with van der Waals surface area (Å²) >= 11 is 5.95. The number of amides is 3. The van der Waals surface area contributed by atoms with E-state index in [0.29, 0.717) is 36.6 Å². The highest BCUT2D eigenvalue weighted by molar-refractivity contribution is 6.33. The molecule has 0 aliphatic carbocycles. The van der Waals surface area contributed by atoms with Crippen molar-refractivity contribution in [2.24, 2.45) is 0 Å². The maximum Gasteiger partial charge on any atom is 0.252 e. The van der Waals surface area contributed by atoms with E-state index in [4.69, 9.17) is 11.6 Å². The molecule has 3 amide bonds. The van der Waals surface area contributed by atoms with Gasteiger partial charge in [0.15, 0.2) is 0 Å². The zero-order chi connectivity index (χ0) is 17.4. The molecule has 1 heterocycles. The van der Waals surface area contributed by atoms with E-state index in [1.165, 1.54) is 0 Å². The van der Waals surface area contributed by atoms with Crippen molar-refractivity contribution in [2.75, 3.05) is 26.2 Å². The van der Waals surface area contributed by atoms with Crippen LogP contribution < -0.4 is 10.6 Å². The number of carbonyl (C=O) groups excluding carboxylic acids is 3. The van der Waals surface area contributed by atoms with Crippen LogP contribution in [-0.2, 0) is 9.59 Å². The van der Waals surface area contributed by atoms with Crippen LogP contribution in [0, 0.1) is 0 Å². The first-order chi connectivity index (χ1) is 11.6. The summed E-state index contributed by atoms with van der Waals surface area (Å²) in [6.45, 7) is 1.85. The van der Waals surface area contributed by atoms with E-state index in [1.54, 1.807) is 29.2 Å². The molecule has 1 fully saturated rings. The first-order valence-corrected chi connectivity index (χ1v) is 8.53. The minimum absolute atomic E-state index is 0.125. The lowest BCUT2D eigenvalue weighted by molar-refractivity contribution is -0.133. The van der Waals surface area contributed by atoms with Crippen LogP contribution in [0.3, 0.4) is 0 Å². The molecule has 0 radical (unpaired) electrons. The maximum atomic E-state index is 11.9. The van der Waals surface area contributed by atoms with Gasteiger partial charge in [-0.1, -0.05) is 23.7 Å². The SMILES string of the molecule is O=C(CCN1CCCCC1=O)NCCNC(=O)c1ccccc1Cl. The minimum atomic E-state index is -0.270. The van der Waals surface area contributed by atoms with Crippen LogP contribution in [-0.4, -0.2) is 48.8 Å². The molecule has 1 saturated heterocycles. The molecule has 6 nitrogen and oxygen atoms in total. The Morgan fingerprint density at radius 3 is 2.62 bits per heavy atom. The van der Waals surface area contributed by atoms with Gasteiger partial charge in [-0.15, -0.1) is 0 Å². The second-order valence-corrected chi connectivity index (χ2v) is 6.08. The number of hydrogen-bond acceptors (Lipinski definition) is 3. The molecule has 0 atom stereocenters. The molecule has 0 aromatic heterocycles. The number of rotatable bonds is 7. The molecule has 0 unspecified atom stereocenters. The number of nitrogens with one attached hydrogen (secondary N) is 2. The lowest BCUT2D eigenvalue weighted by Crippen LogP contribution is -2.39. The summed E-state index contributed by atoms with van der Waals surface area (Å²) in [7, 11) is 0. The fraction of sp³-hybridized carbons (Fsp3) is 0.471. The standard InChI is InChI=1S/C17H22ClN3O3/c18-14-6-2-1-5-13(14)17(24)20-10-9-19-15(22)8-12-21-11-4-3-7-16(21)23/h1-2,5-6H,3-4,7-12H2,(H,19,22)(H,20,24). The van der Waals surface area contributed by atoms with E-state index in [-0.39, 0.29) is 24.1 Å². The number of hydrogen-bond donors (Lipinski definition) is 2. The summed E-state index contributed by atoms with van der Waals surface area (Å²) in [6.07, 6.45) is 2.80. The van der Waals surface area contributed by atoms with Gasteiger partial charge in [-0.3, -0.25) is 14.4 Å². The average molecular weight is 352 g/mol. The molecular formula is C17H22ClN3O3. The van der Waals surface area contributed by atoms with E-state index >= 15 is 0 Å². The zero-order valence-electron chi connectivity index (χ0n) is 13.5. The van der Waals surface area contributed by atoms with Gasteiger partial charge in [0.05, 0.1) is 10.6 Å². The molecule has 0 spiro atoms. The Hall–Kier alpha value is -2.08. The minimum Gasteiger partial charge on any atom is -0.354 e. The number of piperidine rings is 1. The van der Waals surface area contributed by atoms with E-state index in [1.807, 2.05) is 0 Å². The van der Waals surface area contributed by atoms with Crippen molar-refractivity contribution in [3.63, 3.8) is 0 Å². The molecule has 130 valence electrons. The maximum absolute atomic E-state index is 11.9. The summed E-state index contributed by atoms with van der Waals surface area (Å²) in [5, 5.41) is 5.83. The first-order valence-electron chi connectivity index (χ1n) is 8.15. The van der Waals surface area contributed by atoms with Crippen molar-refractivity contribution in [1.29, 1.82) is 0 Å². The highest BCUT2D eigenvalue weighted by Crippen LogP contribution is 2.14. The summed E-state index contributed by atoms with van der Waals surface area (Å²) in [5.41, 5.74) is 0.411. The molecule has 0 saturated carbocycles. The quantitative estimate of drug-likeness (QED) is 0.732. The van der Waals surface area contributed by atoms with Gasteiger partial charge in [-0.05, 0) is 25.0 Å². The van der Waals surface area contributed by atoms with Crippen LogP contribution in [0.1, 0.15) is 36.0 Å². The van der Waals surface area contributed by atoms with Crippen molar-refractivity contribution in [3.05, 3.63) is 34.9 Å². The van der Waals surface area contributed by atoms with Gasteiger partial charge in [0.1, 0.15) is 0 Å². The van der Waals surface area contributed by atoms with E-state index in [0.717, 1.165) is 19.4 Å². The van der Waals surface area contributed by atoms with E-state index < -0.39 is 0 Å². The molecule has 1 aliphatic rings. The molecule has 24 heavy (non-hydrogen) atoms. The third-order valence-electron chi connectivity index (χ3n) is 3.88. The molecule has 7 heteroatoms. The molecule has 2 rings (SSSR count). The largest absolute Gasteiger partial charge is 0.354 e. The summed E-state index contributed by atoms with van der Waals surface area (Å²) in [4.78, 5) is 37.1. The van der Waals surface area contributed by atoms with Crippen LogP contribution >= 0.6 is 11.6 Å². The third kappa shape index (κ3) is 5.53. The molecule has 1 aromatic carbocycles. The number of benzene rings is 1. The number of nitrogens with zero attached hydrogens (tertiary/aromatic N) is 1. The van der Waals surface area contributed by atoms with Gasteiger partial charge in [0, 0.05) is 39.0 Å². The second-order valence-electron chi connectivity index (χ2n) is 5.67. The van der Waals surface area contributed by atoms with Crippen LogP contribution in [0.2, 0.25) is 5.02 Å². The van der Waals surface area contributed by atoms with Crippen molar-refractivity contribution < 1.29 is 14.4 Å². The normalized spacial score (nSPS) is 14.4. The van der Waals surface area contributed by atoms with E-state index in [9.17, 15) is 14.4 Å². The average Bonchev–Trinajstić information content (AvgIpc) is 2.58. The topological polar surface area (TPSA) is 78.5 Å². The van der Waals surface area contributed by atoms with E-state index in [2.05, 4.69) is 10.6 Å². The third-order valence-corrected chi connectivity index (χ3v) is 4.21. The van der Waals surface area contributed by atoms with Crippen molar-refractivity contribution in [2.45, 2.75) is 25.7 Å². The van der Waals surface area contributed by atoms with Gasteiger partial charge in [-0.2, -0.15) is 0 Å². The first kappa shape index (κ1) is 18.3. The van der Waals surface area contributed by atoms with Gasteiger partial charge >= 0.3 is 0 Å². The number of halogens is 1. The summed E-state index contributed by atoms with van der Waals surface area (Å²) in [5.74, 6) is -0.268.